The molecule has 0 amide bonds. The van der Waals surface area contributed by atoms with Crippen LogP contribution in [0.4, 0.5) is 0 Å². The lowest BCUT2D eigenvalue weighted by Crippen LogP contribution is -2.43. The summed E-state index contributed by atoms with van der Waals surface area (Å²) in [6, 6.07) is 12.8. The summed E-state index contributed by atoms with van der Waals surface area (Å²) in [5.74, 6) is -0.946. The van der Waals surface area contributed by atoms with Crippen molar-refractivity contribution in [2.75, 3.05) is 26.9 Å². The van der Waals surface area contributed by atoms with Gasteiger partial charge in [-0.3, -0.25) is 0 Å². The van der Waals surface area contributed by atoms with Crippen molar-refractivity contribution in [1.29, 1.82) is 0 Å². The number of aliphatic hydroxyl groups is 4. The Hall–Kier alpha value is -1.75. The maximum absolute atomic E-state index is 10.7. The van der Waals surface area contributed by atoms with Crippen molar-refractivity contribution in [3.63, 3.8) is 0 Å². The predicted molar refractivity (Wildman–Crippen MR) is 119 cm³/mol. The van der Waals surface area contributed by atoms with Crippen molar-refractivity contribution in [3.8, 4) is 5.75 Å². The summed E-state index contributed by atoms with van der Waals surface area (Å²) < 4.78 is 22.5. The van der Waals surface area contributed by atoms with Crippen LogP contribution in [-0.2, 0) is 26.4 Å². The fourth-order valence-corrected chi connectivity index (χ4v) is 4.50. The molecule has 8 nitrogen and oxygen atoms in total. The van der Waals surface area contributed by atoms with E-state index in [0.717, 1.165) is 29.9 Å². The molecular formula is C24H29ClO8. The normalized spacial score (nSPS) is 30.5. The summed E-state index contributed by atoms with van der Waals surface area (Å²) in [6.45, 7) is 0.688. The molecule has 2 fully saturated rings. The molecule has 9 heteroatoms. The van der Waals surface area contributed by atoms with Gasteiger partial charge in [0.2, 0.25) is 5.79 Å². The van der Waals surface area contributed by atoms with Crippen molar-refractivity contribution in [2.24, 2.45) is 0 Å². The van der Waals surface area contributed by atoms with Gasteiger partial charge < -0.3 is 39.4 Å². The number of halogens is 1. The highest BCUT2D eigenvalue weighted by molar-refractivity contribution is 6.31. The first-order chi connectivity index (χ1) is 15.9. The van der Waals surface area contributed by atoms with Crippen molar-refractivity contribution in [1.82, 2.24) is 0 Å². The van der Waals surface area contributed by atoms with Crippen molar-refractivity contribution in [3.05, 3.63) is 64.2 Å². The van der Waals surface area contributed by atoms with Gasteiger partial charge in [0.05, 0.1) is 19.8 Å². The van der Waals surface area contributed by atoms with E-state index in [1.165, 1.54) is 7.11 Å². The molecule has 2 heterocycles. The Morgan fingerprint density at radius 2 is 1.94 bits per heavy atom. The van der Waals surface area contributed by atoms with Crippen LogP contribution >= 0.6 is 11.6 Å². The number of methoxy groups -OCH3 is 1. The van der Waals surface area contributed by atoms with Crippen molar-refractivity contribution >= 4 is 11.6 Å². The number of hydrogen-bond donors (Lipinski definition) is 4. The van der Waals surface area contributed by atoms with Gasteiger partial charge in [0.1, 0.15) is 36.3 Å². The van der Waals surface area contributed by atoms with Gasteiger partial charge in [-0.1, -0.05) is 29.8 Å². The zero-order valence-corrected chi connectivity index (χ0v) is 19.0. The van der Waals surface area contributed by atoms with Crippen LogP contribution in [0.2, 0.25) is 5.02 Å². The van der Waals surface area contributed by atoms with Gasteiger partial charge in [-0.25, -0.2) is 0 Å². The van der Waals surface area contributed by atoms with Gasteiger partial charge >= 0.3 is 0 Å². The number of benzene rings is 2. The first-order valence-corrected chi connectivity index (χ1v) is 11.3. The number of ether oxygens (including phenoxy) is 4. The van der Waals surface area contributed by atoms with E-state index in [9.17, 15) is 20.4 Å². The maximum Gasteiger partial charge on any atom is 0.224 e. The standard InChI is InChI=1S/C24H29ClO8/c1-30-24(23(29)21(28)22(33-24)20(27)12-26)16-4-7-19(25)15(11-16)10-14-2-5-17(6-3-14)32-18-8-9-31-13-18/h2-7,11,18,20-23,26-29H,8-10,12-13H2,1H3/t18?,20-,21+,22-,23-,24-/m1/s1. The SMILES string of the molecule is CO[C@]1(c2ccc(Cl)c(Cc3ccc(OC4CCOC4)cc3)c2)O[C@H]([C@H](O)CO)[C@H](O)[C@H]1O. The minimum atomic E-state index is -1.72. The van der Waals surface area contributed by atoms with E-state index < -0.39 is 36.8 Å². The van der Waals surface area contributed by atoms with Gasteiger partial charge in [-0.2, -0.15) is 0 Å². The quantitative estimate of drug-likeness (QED) is 0.447. The van der Waals surface area contributed by atoms with E-state index in [1.54, 1.807) is 18.2 Å². The third kappa shape index (κ3) is 4.89. The molecule has 0 saturated carbocycles. The summed E-state index contributed by atoms with van der Waals surface area (Å²) in [5.41, 5.74) is 2.20. The first kappa shape index (κ1) is 24.4. The smallest absolute Gasteiger partial charge is 0.224 e. The molecule has 4 rings (SSSR count). The van der Waals surface area contributed by atoms with E-state index in [-0.39, 0.29) is 6.10 Å². The highest BCUT2D eigenvalue weighted by atomic mass is 35.5. The van der Waals surface area contributed by atoms with E-state index in [0.29, 0.717) is 23.6 Å². The van der Waals surface area contributed by atoms with E-state index in [1.807, 2.05) is 24.3 Å². The highest BCUT2D eigenvalue weighted by Crippen LogP contribution is 2.42. The summed E-state index contributed by atoms with van der Waals surface area (Å²) in [5, 5.41) is 40.9. The molecule has 2 aliphatic heterocycles. The predicted octanol–water partition coefficient (Wildman–Crippen LogP) is 1.37. The second kappa shape index (κ2) is 10.2. The van der Waals surface area contributed by atoms with Gasteiger partial charge in [0.15, 0.2) is 0 Å². The van der Waals surface area contributed by atoms with Crippen LogP contribution in [0, 0.1) is 0 Å². The summed E-state index contributed by atoms with van der Waals surface area (Å²) >= 11 is 6.45. The fourth-order valence-electron chi connectivity index (χ4n) is 4.31. The van der Waals surface area contributed by atoms with Gasteiger partial charge in [0.25, 0.3) is 0 Å². The van der Waals surface area contributed by atoms with Crippen LogP contribution in [0.5, 0.6) is 5.75 Å². The van der Waals surface area contributed by atoms with Crippen molar-refractivity contribution < 1.29 is 39.4 Å². The molecule has 180 valence electrons. The Bertz CT molecular complexity index is 933. The van der Waals surface area contributed by atoms with E-state index in [4.69, 9.17) is 30.5 Å². The lowest BCUT2D eigenvalue weighted by Gasteiger charge is -2.31. The average molecular weight is 481 g/mol. The molecule has 0 radical (unpaired) electrons. The second-order valence-corrected chi connectivity index (χ2v) is 8.78. The van der Waals surface area contributed by atoms with E-state index >= 15 is 0 Å². The molecule has 0 spiro atoms. The Kier molecular flexibility index (Phi) is 7.57. The zero-order valence-electron chi connectivity index (χ0n) is 18.3. The number of rotatable bonds is 8. The molecule has 0 aromatic heterocycles. The molecular weight excluding hydrogens is 452 g/mol. The van der Waals surface area contributed by atoms with Gasteiger partial charge in [-0.15, -0.1) is 0 Å². The Balaban J connectivity index is 1.55. The third-order valence-corrected chi connectivity index (χ3v) is 6.56. The van der Waals surface area contributed by atoms with Crippen LogP contribution in [-0.4, -0.2) is 77.9 Å². The summed E-state index contributed by atoms with van der Waals surface area (Å²) in [7, 11) is 1.34. The Morgan fingerprint density at radius 1 is 1.18 bits per heavy atom. The summed E-state index contributed by atoms with van der Waals surface area (Å²) in [4.78, 5) is 0. The minimum Gasteiger partial charge on any atom is -0.488 e. The zero-order chi connectivity index (χ0) is 23.6. The molecule has 2 aromatic rings. The fraction of sp³-hybridized carbons (Fsp3) is 0.500. The van der Waals surface area contributed by atoms with E-state index in [2.05, 4.69) is 0 Å². The largest absolute Gasteiger partial charge is 0.488 e. The Morgan fingerprint density at radius 3 is 2.58 bits per heavy atom. The topological polar surface area (TPSA) is 118 Å². The highest BCUT2D eigenvalue weighted by Gasteiger charge is 2.57. The lowest BCUT2D eigenvalue weighted by molar-refractivity contribution is -0.263. The lowest BCUT2D eigenvalue weighted by atomic mass is 9.94. The molecule has 2 aromatic carbocycles. The number of hydrogen-bond acceptors (Lipinski definition) is 8. The molecule has 0 bridgehead atoms. The van der Waals surface area contributed by atoms with Crippen LogP contribution in [0.15, 0.2) is 42.5 Å². The summed E-state index contributed by atoms with van der Waals surface area (Å²) in [6.07, 6.45) is -4.08. The monoisotopic (exact) mass is 480 g/mol. The molecule has 4 N–H and O–H groups in total. The molecule has 0 aliphatic carbocycles. The van der Waals surface area contributed by atoms with Crippen molar-refractivity contribution in [2.45, 2.75) is 49.1 Å². The molecule has 2 saturated heterocycles. The molecule has 6 atom stereocenters. The van der Waals surface area contributed by atoms with Crippen LogP contribution in [0.3, 0.4) is 0 Å². The van der Waals surface area contributed by atoms with Gasteiger partial charge in [-0.05, 0) is 41.8 Å². The van der Waals surface area contributed by atoms with Gasteiger partial charge in [0, 0.05) is 24.1 Å². The average Bonchev–Trinajstić information content (AvgIpc) is 3.43. The van der Waals surface area contributed by atoms with Crippen LogP contribution in [0.1, 0.15) is 23.1 Å². The molecule has 1 unspecified atom stereocenters. The Labute approximate surface area is 197 Å². The second-order valence-electron chi connectivity index (χ2n) is 8.37. The van der Waals surface area contributed by atoms with Crippen LogP contribution in [0.25, 0.3) is 0 Å². The first-order valence-electron chi connectivity index (χ1n) is 10.9. The minimum absolute atomic E-state index is 0.0774. The molecule has 33 heavy (non-hydrogen) atoms. The third-order valence-electron chi connectivity index (χ3n) is 6.19. The van der Waals surface area contributed by atoms with Crippen LogP contribution < -0.4 is 4.74 Å². The number of aliphatic hydroxyl groups excluding tert-OH is 4. The maximum atomic E-state index is 10.7. The molecule has 2 aliphatic rings.